The number of halogens is 1. The molecule has 0 radical (unpaired) electrons. The second-order valence-corrected chi connectivity index (χ2v) is 3.08. The Morgan fingerprint density at radius 2 is 2.38 bits per heavy atom. The van der Waals surface area contributed by atoms with Crippen molar-refractivity contribution < 1.29 is 9.90 Å². The summed E-state index contributed by atoms with van der Waals surface area (Å²) >= 11 is 5.66. The number of aromatic nitrogens is 1. The Hall–Kier alpha value is -1.13. The summed E-state index contributed by atoms with van der Waals surface area (Å²) in [6.45, 7) is 0. The van der Waals surface area contributed by atoms with E-state index >= 15 is 0 Å². The Labute approximate surface area is 80.3 Å². The van der Waals surface area contributed by atoms with Crippen LogP contribution >= 0.6 is 11.6 Å². The third kappa shape index (κ3) is 3.01. The summed E-state index contributed by atoms with van der Waals surface area (Å²) in [5, 5.41) is 8.94. The number of carboxylic acids is 1. The predicted molar refractivity (Wildman–Crippen MR) is 48.4 cm³/mol. The zero-order valence-electron chi connectivity index (χ0n) is 6.77. The largest absolute Gasteiger partial charge is 0.481 e. The number of carbonyl (C=O) groups is 1. The third-order valence-corrected chi connectivity index (χ3v) is 1.76. The number of nitrogens with two attached hydrogens (primary N) is 1. The Morgan fingerprint density at radius 1 is 1.69 bits per heavy atom. The van der Waals surface area contributed by atoms with Gasteiger partial charge in [0, 0.05) is 18.4 Å². The first-order valence-corrected chi connectivity index (χ1v) is 4.05. The number of hydrogen-bond donors (Lipinski definition) is 2. The summed E-state index contributed by atoms with van der Waals surface area (Å²) in [7, 11) is 0. The van der Waals surface area contributed by atoms with Crippen molar-refractivity contribution in [3.8, 4) is 0 Å². The summed E-state index contributed by atoms with van der Waals surface area (Å²) in [5.74, 6) is -0.938. The second-order valence-electron chi connectivity index (χ2n) is 2.64. The molecule has 0 aromatic carbocycles. The van der Waals surface area contributed by atoms with E-state index in [2.05, 4.69) is 4.98 Å². The van der Waals surface area contributed by atoms with Gasteiger partial charge < -0.3 is 10.8 Å². The van der Waals surface area contributed by atoms with Crippen LogP contribution in [0.15, 0.2) is 18.5 Å². The lowest BCUT2D eigenvalue weighted by Gasteiger charge is -2.08. The van der Waals surface area contributed by atoms with E-state index in [9.17, 15) is 4.79 Å². The van der Waals surface area contributed by atoms with Crippen molar-refractivity contribution in [1.82, 2.24) is 4.98 Å². The number of aliphatic carboxylic acids is 1. The predicted octanol–water partition coefficient (Wildman–Crippen LogP) is 1.21. The highest BCUT2D eigenvalue weighted by Gasteiger charge is 2.10. The molecule has 0 bridgehead atoms. The van der Waals surface area contributed by atoms with Gasteiger partial charge in [0.15, 0.2) is 0 Å². The van der Waals surface area contributed by atoms with Gasteiger partial charge >= 0.3 is 5.97 Å². The highest BCUT2D eigenvalue weighted by atomic mass is 35.5. The van der Waals surface area contributed by atoms with Crippen molar-refractivity contribution in [3.05, 3.63) is 29.0 Å². The molecule has 70 valence electrons. The van der Waals surface area contributed by atoms with Gasteiger partial charge in [0.1, 0.15) is 0 Å². The molecule has 0 fully saturated rings. The lowest BCUT2D eigenvalue weighted by molar-refractivity contribution is -0.137. The fourth-order valence-corrected chi connectivity index (χ4v) is 1.12. The first-order valence-electron chi connectivity index (χ1n) is 3.67. The molecule has 0 spiro atoms. The Kier molecular flexibility index (Phi) is 3.22. The standard InChI is InChI=1S/C8H9ClN2O2/c9-6-1-5(3-11-4-6)7(10)2-8(12)13/h1,3-4,7H,2,10H2,(H,12,13)/t7-/m0/s1. The Bertz CT molecular complexity index is 317. The molecule has 1 rings (SSSR count). The first kappa shape index (κ1) is 9.95. The maximum absolute atomic E-state index is 10.3. The lowest BCUT2D eigenvalue weighted by atomic mass is 10.1. The monoisotopic (exact) mass is 200 g/mol. The zero-order valence-corrected chi connectivity index (χ0v) is 7.53. The van der Waals surface area contributed by atoms with E-state index in [1.165, 1.54) is 12.4 Å². The average Bonchev–Trinajstić information content (AvgIpc) is 2.03. The molecule has 0 unspecified atom stereocenters. The molecule has 0 aliphatic heterocycles. The van der Waals surface area contributed by atoms with E-state index < -0.39 is 12.0 Å². The molecule has 1 aromatic heterocycles. The number of nitrogens with zero attached hydrogens (tertiary/aromatic N) is 1. The van der Waals surface area contributed by atoms with Crippen molar-refractivity contribution in [3.63, 3.8) is 0 Å². The van der Waals surface area contributed by atoms with Crippen LogP contribution in [0.1, 0.15) is 18.0 Å². The van der Waals surface area contributed by atoms with E-state index in [1.807, 2.05) is 0 Å². The molecule has 5 heteroatoms. The minimum atomic E-state index is -0.938. The molecule has 4 nitrogen and oxygen atoms in total. The van der Waals surface area contributed by atoms with Crippen LogP contribution in [0.4, 0.5) is 0 Å². The number of carboxylic acid groups (broad SMARTS) is 1. The quantitative estimate of drug-likeness (QED) is 0.769. The Balaban J connectivity index is 2.76. The van der Waals surface area contributed by atoms with Crippen molar-refractivity contribution in [2.24, 2.45) is 5.73 Å². The molecular weight excluding hydrogens is 192 g/mol. The first-order chi connectivity index (χ1) is 6.09. The van der Waals surface area contributed by atoms with Crippen LogP contribution in [-0.2, 0) is 4.79 Å². The van der Waals surface area contributed by atoms with Crippen molar-refractivity contribution in [2.75, 3.05) is 0 Å². The molecule has 1 aromatic rings. The molecule has 1 atom stereocenters. The van der Waals surface area contributed by atoms with Gasteiger partial charge in [0.05, 0.1) is 11.4 Å². The highest BCUT2D eigenvalue weighted by molar-refractivity contribution is 6.30. The fourth-order valence-electron chi connectivity index (χ4n) is 0.937. The van der Waals surface area contributed by atoms with Crippen LogP contribution in [0.2, 0.25) is 5.02 Å². The van der Waals surface area contributed by atoms with Crippen molar-refractivity contribution in [2.45, 2.75) is 12.5 Å². The molecule has 0 amide bonds. The van der Waals surface area contributed by atoms with E-state index in [0.29, 0.717) is 10.6 Å². The SMILES string of the molecule is N[C@@H](CC(=O)O)c1cncc(Cl)c1. The van der Waals surface area contributed by atoms with Gasteiger partial charge in [-0.3, -0.25) is 9.78 Å². The maximum atomic E-state index is 10.3. The number of rotatable bonds is 3. The molecule has 0 saturated carbocycles. The van der Waals surface area contributed by atoms with Crippen molar-refractivity contribution in [1.29, 1.82) is 0 Å². The second kappa shape index (κ2) is 4.20. The molecule has 0 aliphatic rings. The van der Waals surface area contributed by atoms with Gasteiger partial charge in [-0.25, -0.2) is 0 Å². The summed E-state index contributed by atoms with van der Waals surface area (Å²) in [6.07, 6.45) is 2.86. The van der Waals surface area contributed by atoms with Gasteiger partial charge in [-0.05, 0) is 11.6 Å². The van der Waals surface area contributed by atoms with Crippen LogP contribution in [-0.4, -0.2) is 16.1 Å². The normalized spacial score (nSPS) is 12.5. The summed E-state index contributed by atoms with van der Waals surface area (Å²) in [6, 6.07) is 1.06. The van der Waals surface area contributed by atoms with Gasteiger partial charge in [-0.15, -0.1) is 0 Å². The van der Waals surface area contributed by atoms with Crippen LogP contribution in [0.3, 0.4) is 0 Å². The van der Waals surface area contributed by atoms with Gasteiger partial charge in [-0.2, -0.15) is 0 Å². The minimum absolute atomic E-state index is 0.123. The summed E-state index contributed by atoms with van der Waals surface area (Å²) < 4.78 is 0. The van der Waals surface area contributed by atoms with E-state index in [4.69, 9.17) is 22.4 Å². The molecule has 13 heavy (non-hydrogen) atoms. The molecular formula is C8H9ClN2O2. The number of hydrogen-bond acceptors (Lipinski definition) is 3. The molecule has 0 saturated heterocycles. The topological polar surface area (TPSA) is 76.2 Å². The van der Waals surface area contributed by atoms with Gasteiger partial charge in [0.25, 0.3) is 0 Å². The van der Waals surface area contributed by atoms with Gasteiger partial charge in [0.2, 0.25) is 0 Å². The minimum Gasteiger partial charge on any atom is -0.481 e. The van der Waals surface area contributed by atoms with Crippen LogP contribution in [0.5, 0.6) is 0 Å². The van der Waals surface area contributed by atoms with Crippen LogP contribution < -0.4 is 5.73 Å². The highest BCUT2D eigenvalue weighted by Crippen LogP contribution is 2.16. The van der Waals surface area contributed by atoms with E-state index in [-0.39, 0.29) is 6.42 Å². The smallest absolute Gasteiger partial charge is 0.305 e. The average molecular weight is 201 g/mol. The third-order valence-electron chi connectivity index (χ3n) is 1.55. The lowest BCUT2D eigenvalue weighted by Crippen LogP contribution is -2.15. The maximum Gasteiger partial charge on any atom is 0.305 e. The Morgan fingerprint density at radius 3 is 2.92 bits per heavy atom. The van der Waals surface area contributed by atoms with Crippen LogP contribution in [0.25, 0.3) is 0 Å². The van der Waals surface area contributed by atoms with Crippen molar-refractivity contribution >= 4 is 17.6 Å². The number of pyridine rings is 1. The fraction of sp³-hybridized carbons (Fsp3) is 0.250. The van der Waals surface area contributed by atoms with E-state index in [0.717, 1.165) is 0 Å². The zero-order chi connectivity index (χ0) is 9.84. The molecule has 3 N–H and O–H groups in total. The van der Waals surface area contributed by atoms with Crippen LogP contribution in [0, 0.1) is 0 Å². The summed E-state index contributed by atoms with van der Waals surface area (Å²) in [4.78, 5) is 14.1. The summed E-state index contributed by atoms with van der Waals surface area (Å²) in [5.41, 5.74) is 6.22. The molecule has 0 aliphatic carbocycles. The van der Waals surface area contributed by atoms with E-state index in [1.54, 1.807) is 6.07 Å². The van der Waals surface area contributed by atoms with Gasteiger partial charge in [-0.1, -0.05) is 11.6 Å². The molecule has 1 heterocycles.